The highest BCUT2D eigenvalue weighted by Crippen LogP contribution is 2.27. The van der Waals surface area contributed by atoms with Crippen LogP contribution >= 0.6 is 11.6 Å². The maximum Gasteiger partial charge on any atom is 0.161 e. The lowest BCUT2D eigenvalue weighted by molar-refractivity contribution is 0.122. The van der Waals surface area contributed by atoms with Crippen molar-refractivity contribution in [2.75, 3.05) is 12.5 Å². The summed E-state index contributed by atoms with van der Waals surface area (Å²) in [6.45, 7) is 0.620. The second kappa shape index (κ2) is 7.78. The highest BCUT2D eigenvalue weighted by Gasteiger charge is 2.08. The van der Waals surface area contributed by atoms with E-state index in [4.69, 9.17) is 21.1 Å². The Morgan fingerprint density at radius 2 is 1.50 bits per heavy atom. The molecule has 0 saturated carbocycles. The molecule has 106 valence electrons. The van der Waals surface area contributed by atoms with E-state index in [1.165, 1.54) is 0 Å². The van der Waals surface area contributed by atoms with Gasteiger partial charge in [0.05, 0.1) is 5.88 Å². The van der Waals surface area contributed by atoms with Crippen LogP contribution in [0.2, 0.25) is 0 Å². The second-order valence-corrected chi connectivity index (χ2v) is 4.65. The zero-order valence-electron chi connectivity index (χ0n) is 11.0. The van der Waals surface area contributed by atoms with Gasteiger partial charge < -0.3 is 14.6 Å². The van der Waals surface area contributed by atoms with Crippen molar-refractivity contribution in [2.24, 2.45) is 0 Å². The Kier molecular flexibility index (Phi) is 5.71. The van der Waals surface area contributed by atoms with Crippen molar-refractivity contribution >= 4 is 11.6 Å². The molecule has 0 radical (unpaired) electrons. The Labute approximate surface area is 123 Å². The fraction of sp³-hybridized carbons (Fsp3) is 0.250. The third kappa shape index (κ3) is 4.44. The van der Waals surface area contributed by atoms with Gasteiger partial charge in [0.2, 0.25) is 0 Å². The Morgan fingerprint density at radius 3 is 2.15 bits per heavy atom. The quantitative estimate of drug-likeness (QED) is 0.796. The Bertz CT molecular complexity index is 516. The molecule has 0 aliphatic rings. The molecule has 20 heavy (non-hydrogen) atoms. The number of rotatable bonds is 7. The van der Waals surface area contributed by atoms with E-state index in [9.17, 15) is 5.11 Å². The van der Waals surface area contributed by atoms with E-state index in [0.717, 1.165) is 5.56 Å². The van der Waals surface area contributed by atoms with E-state index in [0.29, 0.717) is 18.1 Å². The van der Waals surface area contributed by atoms with E-state index in [1.54, 1.807) is 6.07 Å². The largest absolute Gasteiger partial charge is 0.487 e. The van der Waals surface area contributed by atoms with Crippen LogP contribution in [0.5, 0.6) is 11.5 Å². The summed E-state index contributed by atoms with van der Waals surface area (Å²) in [6.07, 6.45) is -0.682. The molecule has 0 spiro atoms. The molecule has 2 aromatic carbocycles. The molecule has 0 bridgehead atoms. The number of ether oxygens (including phenoxy) is 2. The Balaban J connectivity index is 1.97. The lowest BCUT2D eigenvalue weighted by atomic mass is 10.2. The first kappa shape index (κ1) is 14.7. The average Bonchev–Trinajstić information content (AvgIpc) is 2.52. The number of hydrogen-bond acceptors (Lipinski definition) is 3. The van der Waals surface area contributed by atoms with Crippen molar-refractivity contribution in [1.82, 2.24) is 0 Å². The van der Waals surface area contributed by atoms with Crippen molar-refractivity contribution in [3.05, 3.63) is 60.2 Å². The number of aliphatic hydroxyl groups is 1. The van der Waals surface area contributed by atoms with Gasteiger partial charge in [0.25, 0.3) is 0 Å². The first-order valence-electron chi connectivity index (χ1n) is 6.42. The first-order valence-corrected chi connectivity index (χ1v) is 6.95. The maximum absolute atomic E-state index is 9.42. The van der Waals surface area contributed by atoms with Crippen LogP contribution in [0.4, 0.5) is 0 Å². The van der Waals surface area contributed by atoms with Crippen molar-refractivity contribution in [3.63, 3.8) is 0 Å². The SMILES string of the molecule is OC(CCl)COc1ccccc1OCc1ccccc1. The van der Waals surface area contributed by atoms with Gasteiger partial charge in [-0.15, -0.1) is 11.6 Å². The van der Waals surface area contributed by atoms with Gasteiger partial charge in [0, 0.05) is 0 Å². The number of para-hydroxylation sites is 2. The average molecular weight is 293 g/mol. The van der Waals surface area contributed by atoms with Gasteiger partial charge in [-0.25, -0.2) is 0 Å². The number of halogens is 1. The summed E-state index contributed by atoms with van der Waals surface area (Å²) in [5, 5.41) is 9.42. The van der Waals surface area contributed by atoms with E-state index >= 15 is 0 Å². The number of hydrogen-bond donors (Lipinski definition) is 1. The van der Waals surface area contributed by atoms with Crippen molar-refractivity contribution in [2.45, 2.75) is 12.7 Å². The molecular weight excluding hydrogens is 276 g/mol. The summed E-state index contributed by atoms with van der Waals surface area (Å²) in [6, 6.07) is 17.3. The molecule has 1 atom stereocenters. The molecule has 1 N–H and O–H groups in total. The van der Waals surface area contributed by atoms with Crippen molar-refractivity contribution in [3.8, 4) is 11.5 Å². The van der Waals surface area contributed by atoms with Gasteiger partial charge in [0.1, 0.15) is 19.3 Å². The molecule has 2 aromatic rings. The highest BCUT2D eigenvalue weighted by atomic mass is 35.5. The molecule has 0 aliphatic heterocycles. The first-order chi connectivity index (χ1) is 9.79. The van der Waals surface area contributed by atoms with Crippen LogP contribution in [0.25, 0.3) is 0 Å². The minimum Gasteiger partial charge on any atom is -0.487 e. The smallest absolute Gasteiger partial charge is 0.161 e. The fourth-order valence-corrected chi connectivity index (χ4v) is 1.74. The molecule has 1 unspecified atom stereocenters. The number of aliphatic hydroxyl groups excluding tert-OH is 1. The van der Waals surface area contributed by atoms with Crippen molar-refractivity contribution < 1.29 is 14.6 Å². The van der Waals surface area contributed by atoms with Gasteiger partial charge in [-0.05, 0) is 17.7 Å². The zero-order valence-corrected chi connectivity index (χ0v) is 11.8. The molecule has 4 heteroatoms. The maximum atomic E-state index is 9.42. The van der Waals surface area contributed by atoms with Crippen LogP contribution < -0.4 is 9.47 Å². The lowest BCUT2D eigenvalue weighted by Crippen LogP contribution is -2.19. The van der Waals surface area contributed by atoms with E-state index in [1.807, 2.05) is 48.5 Å². The molecule has 0 saturated heterocycles. The zero-order chi connectivity index (χ0) is 14.2. The molecule has 0 heterocycles. The van der Waals surface area contributed by atoms with Gasteiger partial charge in [-0.2, -0.15) is 0 Å². The summed E-state index contributed by atoms with van der Waals surface area (Å²) in [5.74, 6) is 1.40. The van der Waals surface area contributed by atoms with Crippen LogP contribution in [0.3, 0.4) is 0 Å². The second-order valence-electron chi connectivity index (χ2n) is 4.34. The van der Waals surface area contributed by atoms with Gasteiger partial charge in [-0.1, -0.05) is 42.5 Å². The van der Waals surface area contributed by atoms with Gasteiger partial charge in [0.15, 0.2) is 11.5 Å². The van der Waals surface area contributed by atoms with E-state index in [2.05, 4.69) is 0 Å². The van der Waals surface area contributed by atoms with Crippen LogP contribution in [0.15, 0.2) is 54.6 Å². The summed E-state index contributed by atoms with van der Waals surface area (Å²) < 4.78 is 11.3. The van der Waals surface area contributed by atoms with E-state index in [-0.39, 0.29) is 12.5 Å². The van der Waals surface area contributed by atoms with Crippen LogP contribution in [-0.4, -0.2) is 23.7 Å². The third-order valence-electron chi connectivity index (χ3n) is 2.70. The van der Waals surface area contributed by atoms with Gasteiger partial charge in [-0.3, -0.25) is 0 Å². The summed E-state index contributed by atoms with van der Waals surface area (Å²) >= 11 is 5.54. The molecule has 3 nitrogen and oxygen atoms in total. The van der Waals surface area contributed by atoms with Crippen LogP contribution in [0, 0.1) is 0 Å². The predicted molar refractivity (Wildman–Crippen MR) is 79.4 cm³/mol. The fourth-order valence-electron chi connectivity index (χ4n) is 1.65. The third-order valence-corrected chi connectivity index (χ3v) is 3.05. The van der Waals surface area contributed by atoms with E-state index < -0.39 is 6.10 Å². The van der Waals surface area contributed by atoms with Crippen LogP contribution in [0.1, 0.15) is 5.56 Å². The molecule has 0 aromatic heterocycles. The van der Waals surface area contributed by atoms with Gasteiger partial charge >= 0.3 is 0 Å². The molecule has 0 aliphatic carbocycles. The number of benzene rings is 2. The lowest BCUT2D eigenvalue weighted by Gasteiger charge is -2.14. The normalized spacial score (nSPS) is 11.9. The van der Waals surface area contributed by atoms with Crippen LogP contribution in [-0.2, 0) is 6.61 Å². The summed E-state index contributed by atoms with van der Waals surface area (Å²) in [7, 11) is 0. The monoisotopic (exact) mass is 292 g/mol. The minimum atomic E-state index is -0.682. The minimum absolute atomic E-state index is 0.146. The summed E-state index contributed by atoms with van der Waals surface area (Å²) in [4.78, 5) is 0. The topological polar surface area (TPSA) is 38.7 Å². The highest BCUT2D eigenvalue weighted by molar-refractivity contribution is 6.18. The Hall–Kier alpha value is -1.71. The van der Waals surface area contributed by atoms with Crippen molar-refractivity contribution in [1.29, 1.82) is 0 Å². The number of alkyl halides is 1. The molecule has 0 amide bonds. The molecular formula is C16H17ClO3. The molecule has 2 rings (SSSR count). The summed E-state index contributed by atoms with van der Waals surface area (Å²) in [5.41, 5.74) is 1.09. The Morgan fingerprint density at radius 1 is 0.900 bits per heavy atom. The molecule has 0 fully saturated rings. The standard InChI is InChI=1S/C16H17ClO3/c17-10-14(18)12-20-16-9-5-4-8-15(16)19-11-13-6-2-1-3-7-13/h1-9,14,18H,10-12H2. The predicted octanol–water partition coefficient (Wildman–Crippen LogP) is 3.24.